The van der Waals surface area contributed by atoms with Crippen LogP contribution in [0.2, 0.25) is 0 Å². The second kappa shape index (κ2) is 5.35. The maximum Gasteiger partial charge on any atom is 0.292 e. The van der Waals surface area contributed by atoms with Crippen LogP contribution in [0.4, 0.5) is 17.2 Å². The average molecular weight is 272 g/mol. The van der Waals surface area contributed by atoms with Crippen LogP contribution < -0.4 is 10.6 Å². The van der Waals surface area contributed by atoms with Gasteiger partial charge in [0.2, 0.25) is 0 Å². The lowest BCUT2D eigenvalue weighted by atomic mass is 10.1. The van der Waals surface area contributed by atoms with Crippen molar-refractivity contribution < 1.29 is 9.72 Å². The minimum atomic E-state index is -0.618. The van der Waals surface area contributed by atoms with Gasteiger partial charge in [0.05, 0.1) is 10.5 Å². The van der Waals surface area contributed by atoms with E-state index in [0.29, 0.717) is 5.82 Å². The maximum atomic E-state index is 12.3. The Hall–Kier alpha value is -2.96. The molecule has 0 atom stereocenters. The number of anilines is 2. The van der Waals surface area contributed by atoms with Crippen molar-refractivity contribution >= 4 is 23.1 Å². The van der Waals surface area contributed by atoms with Gasteiger partial charge in [-0.15, -0.1) is 0 Å². The van der Waals surface area contributed by atoms with E-state index in [2.05, 4.69) is 4.98 Å². The molecule has 2 aromatic rings. The van der Waals surface area contributed by atoms with Crippen LogP contribution in [0.15, 0.2) is 42.6 Å². The summed E-state index contributed by atoms with van der Waals surface area (Å²) in [5, 5.41) is 10.8. The van der Waals surface area contributed by atoms with Gasteiger partial charge in [-0.25, -0.2) is 4.98 Å². The van der Waals surface area contributed by atoms with Gasteiger partial charge in [-0.2, -0.15) is 0 Å². The molecule has 0 unspecified atom stereocenters. The number of aromatic nitrogens is 1. The Morgan fingerprint density at radius 3 is 2.65 bits per heavy atom. The number of nitrogen functional groups attached to an aromatic ring is 1. The number of para-hydroxylation sites is 1. The quantitative estimate of drug-likeness (QED) is 0.521. The van der Waals surface area contributed by atoms with Crippen LogP contribution in [0.5, 0.6) is 0 Å². The fraction of sp³-hybridized carbons (Fsp3) is 0.0769. The van der Waals surface area contributed by atoms with E-state index in [1.165, 1.54) is 30.1 Å². The fourth-order valence-corrected chi connectivity index (χ4v) is 1.74. The van der Waals surface area contributed by atoms with Gasteiger partial charge in [-0.05, 0) is 18.2 Å². The molecular formula is C13H12N4O3. The SMILES string of the molecule is CN(C(=O)c1cccc([N+](=O)[O-])c1N)c1ccccn1. The molecule has 1 amide bonds. The Morgan fingerprint density at radius 2 is 2.05 bits per heavy atom. The Labute approximate surface area is 114 Å². The zero-order chi connectivity index (χ0) is 14.7. The summed E-state index contributed by atoms with van der Waals surface area (Å²) in [4.78, 5) is 27.9. The van der Waals surface area contributed by atoms with Crippen molar-refractivity contribution in [1.82, 2.24) is 4.98 Å². The van der Waals surface area contributed by atoms with Crippen molar-refractivity contribution in [3.63, 3.8) is 0 Å². The predicted octanol–water partition coefficient (Wildman–Crippen LogP) is 1.85. The summed E-state index contributed by atoms with van der Waals surface area (Å²) in [5.41, 5.74) is 5.33. The van der Waals surface area contributed by atoms with Crippen molar-refractivity contribution in [2.75, 3.05) is 17.7 Å². The second-order valence-corrected chi connectivity index (χ2v) is 4.05. The van der Waals surface area contributed by atoms with Gasteiger partial charge >= 0.3 is 0 Å². The first-order valence-corrected chi connectivity index (χ1v) is 5.74. The van der Waals surface area contributed by atoms with Gasteiger partial charge < -0.3 is 5.73 Å². The lowest BCUT2D eigenvalue weighted by Gasteiger charge is -2.16. The third kappa shape index (κ3) is 2.41. The highest BCUT2D eigenvalue weighted by molar-refractivity contribution is 6.09. The smallest absolute Gasteiger partial charge is 0.292 e. The molecule has 2 N–H and O–H groups in total. The molecule has 7 nitrogen and oxygen atoms in total. The van der Waals surface area contributed by atoms with Crippen LogP contribution in [0.3, 0.4) is 0 Å². The zero-order valence-corrected chi connectivity index (χ0v) is 10.7. The van der Waals surface area contributed by atoms with Gasteiger partial charge in [0.25, 0.3) is 11.6 Å². The van der Waals surface area contributed by atoms with Crippen LogP contribution in [-0.4, -0.2) is 22.9 Å². The van der Waals surface area contributed by atoms with E-state index in [4.69, 9.17) is 5.73 Å². The number of carbonyl (C=O) groups excluding carboxylic acids is 1. The van der Waals surface area contributed by atoms with Gasteiger partial charge in [0.1, 0.15) is 11.5 Å². The molecule has 2 rings (SSSR count). The first-order chi connectivity index (χ1) is 9.52. The van der Waals surface area contributed by atoms with Gasteiger partial charge in [0, 0.05) is 19.3 Å². The molecule has 0 fully saturated rings. The summed E-state index contributed by atoms with van der Waals surface area (Å²) in [6.45, 7) is 0. The monoisotopic (exact) mass is 272 g/mol. The van der Waals surface area contributed by atoms with Crippen LogP contribution >= 0.6 is 0 Å². The van der Waals surface area contributed by atoms with Crippen LogP contribution in [0.25, 0.3) is 0 Å². The number of nitro groups is 1. The molecular weight excluding hydrogens is 260 g/mol. The standard InChI is InChI=1S/C13H12N4O3/c1-16(11-7-2-3-8-15-11)13(18)9-5-4-6-10(12(9)14)17(19)20/h2-8H,14H2,1H3. The number of carbonyl (C=O) groups is 1. The molecule has 20 heavy (non-hydrogen) atoms. The number of pyridine rings is 1. The highest BCUT2D eigenvalue weighted by Crippen LogP contribution is 2.26. The summed E-state index contributed by atoms with van der Waals surface area (Å²) in [5.74, 6) is -0.0201. The molecule has 0 saturated heterocycles. The van der Waals surface area contributed by atoms with E-state index in [1.54, 1.807) is 24.4 Å². The lowest BCUT2D eigenvalue weighted by molar-refractivity contribution is -0.383. The van der Waals surface area contributed by atoms with E-state index in [9.17, 15) is 14.9 Å². The Balaban J connectivity index is 2.40. The largest absolute Gasteiger partial charge is 0.393 e. The van der Waals surface area contributed by atoms with Crippen LogP contribution in [-0.2, 0) is 0 Å². The number of hydrogen-bond donors (Lipinski definition) is 1. The zero-order valence-electron chi connectivity index (χ0n) is 10.7. The van der Waals surface area contributed by atoms with E-state index in [0.717, 1.165) is 0 Å². The minimum absolute atomic E-state index is 0.0763. The summed E-state index contributed by atoms with van der Waals surface area (Å²) < 4.78 is 0. The molecule has 0 aliphatic rings. The number of nitrogens with zero attached hydrogens (tertiary/aromatic N) is 3. The molecule has 0 aliphatic heterocycles. The lowest BCUT2D eigenvalue weighted by Crippen LogP contribution is -2.27. The van der Waals surface area contributed by atoms with E-state index in [1.807, 2.05) is 0 Å². The normalized spacial score (nSPS) is 10.1. The number of nitrogens with two attached hydrogens (primary N) is 1. The van der Waals surface area contributed by atoms with Crippen LogP contribution in [0, 0.1) is 10.1 Å². The summed E-state index contributed by atoms with van der Waals surface area (Å²) in [7, 11) is 1.53. The van der Waals surface area contributed by atoms with E-state index in [-0.39, 0.29) is 16.9 Å². The Bertz CT molecular complexity index is 658. The van der Waals surface area contributed by atoms with E-state index < -0.39 is 10.8 Å². The topological polar surface area (TPSA) is 102 Å². The number of benzene rings is 1. The molecule has 1 aromatic carbocycles. The summed E-state index contributed by atoms with van der Waals surface area (Å²) in [6, 6.07) is 9.25. The average Bonchev–Trinajstić information content (AvgIpc) is 2.46. The number of amides is 1. The number of nitro benzene ring substituents is 1. The highest BCUT2D eigenvalue weighted by Gasteiger charge is 2.22. The molecule has 0 saturated carbocycles. The van der Waals surface area contributed by atoms with Gasteiger partial charge in [-0.3, -0.25) is 19.8 Å². The van der Waals surface area contributed by atoms with Crippen molar-refractivity contribution in [2.24, 2.45) is 0 Å². The number of rotatable bonds is 3. The Kier molecular flexibility index (Phi) is 3.60. The first kappa shape index (κ1) is 13.5. The minimum Gasteiger partial charge on any atom is -0.393 e. The Morgan fingerprint density at radius 1 is 1.30 bits per heavy atom. The molecule has 1 heterocycles. The molecule has 0 radical (unpaired) electrons. The summed E-state index contributed by atoms with van der Waals surface area (Å²) >= 11 is 0. The third-order valence-corrected chi connectivity index (χ3v) is 2.81. The molecule has 0 spiro atoms. The second-order valence-electron chi connectivity index (χ2n) is 4.05. The maximum absolute atomic E-state index is 12.3. The molecule has 1 aromatic heterocycles. The van der Waals surface area contributed by atoms with Crippen molar-refractivity contribution in [1.29, 1.82) is 0 Å². The molecule has 0 aliphatic carbocycles. The van der Waals surface area contributed by atoms with E-state index >= 15 is 0 Å². The molecule has 7 heteroatoms. The number of hydrogen-bond acceptors (Lipinski definition) is 5. The summed E-state index contributed by atoms with van der Waals surface area (Å²) in [6.07, 6.45) is 1.55. The molecule has 102 valence electrons. The highest BCUT2D eigenvalue weighted by atomic mass is 16.6. The fourth-order valence-electron chi connectivity index (χ4n) is 1.74. The molecule has 0 bridgehead atoms. The van der Waals surface area contributed by atoms with Crippen molar-refractivity contribution in [2.45, 2.75) is 0 Å². The van der Waals surface area contributed by atoms with Crippen molar-refractivity contribution in [3.8, 4) is 0 Å². The first-order valence-electron chi connectivity index (χ1n) is 5.74. The van der Waals surface area contributed by atoms with Crippen LogP contribution in [0.1, 0.15) is 10.4 Å². The van der Waals surface area contributed by atoms with Gasteiger partial charge in [-0.1, -0.05) is 12.1 Å². The third-order valence-electron chi connectivity index (χ3n) is 2.81. The van der Waals surface area contributed by atoms with Gasteiger partial charge in [0.15, 0.2) is 0 Å². The predicted molar refractivity (Wildman–Crippen MR) is 74.5 cm³/mol. The van der Waals surface area contributed by atoms with Crippen molar-refractivity contribution in [3.05, 3.63) is 58.3 Å².